The van der Waals surface area contributed by atoms with Crippen molar-refractivity contribution in [3.05, 3.63) is 168 Å². The van der Waals surface area contributed by atoms with Crippen molar-refractivity contribution in [3.8, 4) is 11.5 Å². The predicted molar refractivity (Wildman–Crippen MR) is 252 cm³/mol. The van der Waals surface area contributed by atoms with Crippen molar-refractivity contribution < 1.29 is 9.47 Å². The van der Waals surface area contributed by atoms with Crippen molar-refractivity contribution in [3.63, 3.8) is 0 Å². The van der Waals surface area contributed by atoms with Crippen LogP contribution in [0, 0.1) is 0 Å². The van der Waals surface area contributed by atoms with Gasteiger partial charge in [0, 0.05) is 87.8 Å². The van der Waals surface area contributed by atoms with Crippen LogP contribution in [-0.2, 0) is 31.1 Å². The Hall–Kier alpha value is -4.90. The lowest BCUT2D eigenvalue weighted by Gasteiger charge is -2.40. The first-order valence-corrected chi connectivity index (χ1v) is 23.8. The van der Waals surface area contributed by atoms with Gasteiger partial charge < -0.3 is 9.47 Å². The van der Waals surface area contributed by atoms with Crippen LogP contribution in [0.25, 0.3) is 21.8 Å². The lowest BCUT2D eigenvalue weighted by atomic mass is 9.99. The molecule has 0 amide bonds. The molecule has 7 aromatic rings. The largest absolute Gasteiger partial charge is 0.475 e. The molecule has 0 spiro atoms. The Morgan fingerprint density at radius 2 is 1.15 bits per heavy atom. The number of pyridine rings is 2. The average Bonchev–Trinajstić information content (AvgIpc) is 3.33. The van der Waals surface area contributed by atoms with Crippen LogP contribution in [-0.4, -0.2) is 63.8 Å². The van der Waals surface area contributed by atoms with Crippen molar-refractivity contribution in [2.75, 3.05) is 33.1 Å². The topological polar surface area (TPSA) is 54.0 Å². The maximum atomic E-state index is 6.39. The van der Waals surface area contributed by atoms with E-state index in [2.05, 4.69) is 142 Å². The molecule has 1 fully saturated rings. The quantitative estimate of drug-likeness (QED) is 0.112. The van der Waals surface area contributed by atoms with Gasteiger partial charge in [-0.1, -0.05) is 92.2 Å². The number of likely N-dealkylation sites (tertiary alicyclic amines) is 1. The number of aromatic nitrogens is 2. The zero-order chi connectivity index (χ0) is 41.2. The van der Waals surface area contributed by atoms with Gasteiger partial charge in [-0.25, -0.2) is 0 Å². The van der Waals surface area contributed by atoms with Gasteiger partial charge in [0.2, 0.25) is 0 Å². The SMILES string of the molecule is CCCCN1COc2c(cc(CSc3ccccc3)c3cccnc23)C1.c1ccc(CN2CCC(N3COc4c(cc(CSc5ccccc5)c5cccnc45)C3)CC2)cc1. The first-order valence-electron chi connectivity index (χ1n) is 21.8. The third-order valence-electron chi connectivity index (χ3n) is 12.0. The molecule has 10 rings (SSSR count). The number of hydrogen-bond acceptors (Lipinski definition) is 9. The first kappa shape index (κ1) is 41.5. The van der Waals surface area contributed by atoms with Gasteiger partial charge in [0.1, 0.15) is 24.5 Å². The molecule has 0 aliphatic carbocycles. The van der Waals surface area contributed by atoms with Gasteiger partial charge in [-0.3, -0.25) is 24.7 Å². The molecular weight excluding hydrogens is 791 g/mol. The Kier molecular flexibility index (Phi) is 13.8. The Balaban J connectivity index is 0.000000163. The van der Waals surface area contributed by atoms with E-state index in [-0.39, 0.29) is 0 Å². The number of fused-ring (bicyclic) bond motifs is 6. The molecule has 7 nitrogen and oxygen atoms in total. The molecule has 3 aliphatic rings. The molecule has 0 bridgehead atoms. The minimum Gasteiger partial charge on any atom is -0.475 e. The van der Waals surface area contributed by atoms with Crippen molar-refractivity contribution in [1.82, 2.24) is 24.7 Å². The summed E-state index contributed by atoms with van der Waals surface area (Å²) in [6.07, 6.45) is 8.55. The summed E-state index contributed by atoms with van der Waals surface area (Å²) >= 11 is 3.75. The molecule has 5 aromatic carbocycles. The highest BCUT2D eigenvalue weighted by atomic mass is 32.2. The molecule has 0 N–H and O–H groups in total. The lowest BCUT2D eigenvalue weighted by Crippen LogP contribution is -2.47. The third-order valence-corrected chi connectivity index (χ3v) is 14.1. The van der Waals surface area contributed by atoms with Gasteiger partial charge >= 0.3 is 0 Å². The maximum absolute atomic E-state index is 6.39. The van der Waals surface area contributed by atoms with Gasteiger partial charge in [-0.2, -0.15) is 0 Å². The molecule has 0 atom stereocenters. The van der Waals surface area contributed by atoms with E-state index in [0.717, 1.165) is 73.3 Å². The van der Waals surface area contributed by atoms with Gasteiger partial charge in [-0.15, -0.1) is 23.5 Å². The highest BCUT2D eigenvalue weighted by Gasteiger charge is 2.30. The molecule has 312 valence electrons. The highest BCUT2D eigenvalue weighted by Crippen LogP contribution is 2.39. The van der Waals surface area contributed by atoms with E-state index in [1.165, 1.54) is 74.1 Å². The van der Waals surface area contributed by atoms with E-state index in [4.69, 9.17) is 14.5 Å². The van der Waals surface area contributed by atoms with E-state index in [0.29, 0.717) is 19.5 Å². The second-order valence-electron chi connectivity index (χ2n) is 16.2. The number of ether oxygens (including phenoxy) is 2. The van der Waals surface area contributed by atoms with Gasteiger partial charge in [0.15, 0.2) is 11.5 Å². The zero-order valence-corrected chi connectivity index (χ0v) is 36.8. The summed E-state index contributed by atoms with van der Waals surface area (Å²) < 4.78 is 12.5. The summed E-state index contributed by atoms with van der Waals surface area (Å²) in [5.41, 5.74) is 8.63. The number of unbranched alkanes of at least 4 members (excludes halogenated alkanes) is 1. The summed E-state index contributed by atoms with van der Waals surface area (Å²) in [5.74, 6) is 3.82. The Bertz CT molecular complexity index is 2500. The van der Waals surface area contributed by atoms with Gasteiger partial charge in [-0.05, 0) is 97.6 Å². The molecular formula is C52H55N5O2S2. The van der Waals surface area contributed by atoms with Gasteiger partial charge in [0.05, 0.1) is 0 Å². The average molecular weight is 846 g/mol. The molecule has 0 radical (unpaired) electrons. The van der Waals surface area contributed by atoms with Crippen LogP contribution in [0.2, 0.25) is 0 Å². The summed E-state index contributed by atoms with van der Waals surface area (Å²) in [5, 5.41) is 2.41. The van der Waals surface area contributed by atoms with Crippen molar-refractivity contribution in [2.24, 2.45) is 0 Å². The number of hydrogen-bond donors (Lipinski definition) is 0. The van der Waals surface area contributed by atoms with Gasteiger partial charge in [0.25, 0.3) is 0 Å². The fraction of sp³-hybridized carbons (Fsp3) is 0.308. The Morgan fingerprint density at radius 1 is 0.607 bits per heavy atom. The van der Waals surface area contributed by atoms with Crippen LogP contribution in [0.3, 0.4) is 0 Å². The van der Waals surface area contributed by atoms with E-state index < -0.39 is 0 Å². The second kappa shape index (κ2) is 20.3. The molecule has 0 saturated carbocycles. The van der Waals surface area contributed by atoms with E-state index in [9.17, 15) is 0 Å². The molecule has 9 heteroatoms. The summed E-state index contributed by atoms with van der Waals surface area (Å²) in [6, 6.07) is 45.7. The van der Waals surface area contributed by atoms with Crippen molar-refractivity contribution >= 4 is 45.3 Å². The smallest absolute Gasteiger partial charge is 0.152 e. The number of nitrogens with zero attached hydrogens (tertiary/aromatic N) is 5. The predicted octanol–water partition coefficient (Wildman–Crippen LogP) is 11.8. The number of piperidine rings is 1. The minimum absolute atomic E-state index is 0.566. The standard InChI is InChI=1S/C30H31N3OS.C22H24N2OS/c1-3-8-23(9-4-1)19-32-16-13-26(14-17-32)33-20-24-18-25(21-35-27-10-5-2-6-11-27)28-12-7-15-31-29(28)30(24)34-22-33;1-2-3-12-24-14-17-13-18(15-26-19-8-5-4-6-9-19)20-10-7-11-23-21(20)22(17)25-16-24/h1-12,15,18,26H,13-14,16-17,19-22H2;4-11,13H,2-3,12,14-16H2,1H3. The number of thioether (sulfide) groups is 2. The normalized spacial score (nSPS) is 16.0. The van der Waals surface area contributed by atoms with E-state index in [1.54, 1.807) is 0 Å². The second-order valence-corrected chi connectivity index (χ2v) is 18.3. The van der Waals surface area contributed by atoms with Crippen LogP contribution in [0.5, 0.6) is 11.5 Å². The van der Waals surface area contributed by atoms with Crippen molar-refractivity contribution in [2.45, 2.75) is 79.6 Å². The lowest BCUT2D eigenvalue weighted by molar-refractivity contribution is 0.0250. The van der Waals surface area contributed by atoms with Crippen LogP contribution >= 0.6 is 23.5 Å². The molecule has 2 aromatic heterocycles. The van der Waals surface area contributed by atoms with Crippen LogP contribution in [0.4, 0.5) is 0 Å². The first-order chi connectivity index (χ1) is 30.2. The minimum atomic E-state index is 0.566. The fourth-order valence-electron chi connectivity index (χ4n) is 8.75. The summed E-state index contributed by atoms with van der Waals surface area (Å²) in [4.78, 5) is 19.5. The fourth-order valence-corrected chi connectivity index (χ4v) is 10.6. The molecule has 3 aliphatic heterocycles. The van der Waals surface area contributed by atoms with Crippen LogP contribution < -0.4 is 9.47 Å². The Labute approximate surface area is 369 Å². The maximum Gasteiger partial charge on any atom is 0.152 e. The van der Waals surface area contributed by atoms with Crippen molar-refractivity contribution in [1.29, 1.82) is 0 Å². The highest BCUT2D eigenvalue weighted by molar-refractivity contribution is 7.98. The number of benzene rings is 5. The van der Waals surface area contributed by atoms with E-state index in [1.807, 2.05) is 48.1 Å². The van der Waals surface area contributed by atoms with E-state index >= 15 is 0 Å². The third kappa shape index (κ3) is 10.3. The summed E-state index contributed by atoms with van der Waals surface area (Å²) in [6.45, 7) is 9.85. The molecule has 61 heavy (non-hydrogen) atoms. The molecule has 0 unspecified atom stereocenters. The summed E-state index contributed by atoms with van der Waals surface area (Å²) in [7, 11) is 0. The van der Waals surface area contributed by atoms with Crippen LogP contribution in [0.15, 0.2) is 150 Å². The monoisotopic (exact) mass is 845 g/mol. The van der Waals surface area contributed by atoms with Crippen LogP contribution in [0.1, 0.15) is 60.4 Å². The molecule has 1 saturated heterocycles. The zero-order valence-electron chi connectivity index (χ0n) is 35.1. The number of rotatable bonds is 12. The molecule has 5 heterocycles. The Morgan fingerprint density at radius 3 is 1.72 bits per heavy atom.